The molecular formula is C27H27ClN4O3S3. The molecule has 0 bridgehead atoms. The molecule has 1 amide bonds. The highest BCUT2D eigenvalue weighted by molar-refractivity contribution is 7.99. The van der Waals surface area contributed by atoms with Crippen molar-refractivity contribution in [2.75, 3.05) is 18.2 Å². The molecule has 5 rings (SSSR count). The lowest BCUT2D eigenvalue weighted by Gasteiger charge is -2.16. The Morgan fingerprint density at radius 1 is 1.11 bits per heavy atom. The molecule has 0 saturated heterocycles. The minimum atomic E-state index is -0.512. The molecule has 3 heterocycles. The first kappa shape index (κ1) is 26.9. The normalized spacial score (nSPS) is 13.0. The lowest BCUT2D eigenvalue weighted by molar-refractivity contribution is -0.113. The number of hydrogen-bond donors (Lipinski definition) is 1. The summed E-state index contributed by atoms with van der Waals surface area (Å²) >= 11 is 10.5. The number of nitrogens with one attached hydrogen (secondary N) is 1. The summed E-state index contributed by atoms with van der Waals surface area (Å²) < 4.78 is 7.13. The van der Waals surface area contributed by atoms with Crippen LogP contribution < -0.4 is 5.32 Å². The highest BCUT2D eigenvalue weighted by Crippen LogP contribution is 2.39. The van der Waals surface area contributed by atoms with E-state index in [-0.39, 0.29) is 17.7 Å². The van der Waals surface area contributed by atoms with Gasteiger partial charge in [-0.2, -0.15) is 0 Å². The van der Waals surface area contributed by atoms with Gasteiger partial charge in [-0.05, 0) is 62.8 Å². The van der Waals surface area contributed by atoms with E-state index >= 15 is 0 Å². The van der Waals surface area contributed by atoms with E-state index in [4.69, 9.17) is 16.3 Å². The molecule has 198 valence electrons. The maximum Gasteiger partial charge on any atom is 0.341 e. The topological polar surface area (TPSA) is 86.1 Å². The van der Waals surface area contributed by atoms with Crippen LogP contribution in [0.15, 0.2) is 40.2 Å². The van der Waals surface area contributed by atoms with Crippen LogP contribution in [0.3, 0.4) is 0 Å². The van der Waals surface area contributed by atoms with Crippen molar-refractivity contribution >= 4 is 62.9 Å². The lowest BCUT2D eigenvalue weighted by Crippen LogP contribution is -2.16. The number of amides is 1. The number of anilines is 1. The van der Waals surface area contributed by atoms with Gasteiger partial charge in [-0.3, -0.25) is 9.36 Å². The number of carbonyl (C=O) groups excluding carboxylic acids is 2. The summed E-state index contributed by atoms with van der Waals surface area (Å²) in [7, 11) is 1.33. The van der Waals surface area contributed by atoms with Gasteiger partial charge in [-0.1, -0.05) is 35.5 Å². The van der Waals surface area contributed by atoms with Crippen LogP contribution in [0.2, 0.25) is 5.02 Å². The van der Waals surface area contributed by atoms with E-state index in [9.17, 15) is 9.59 Å². The number of halogens is 1. The van der Waals surface area contributed by atoms with Crippen molar-refractivity contribution in [1.29, 1.82) is 0 Å². The monoisotopic (exact) mass is 586 g/mol. The highest BCUT2D eigenvalue weighted by Gasteiger charge is 2.25. The van der Waals surface area contributed by atoms with Gasteiger partial charge < -0.3 is 10.1 Å². The van der Waals surface area contributed by atoms with Gasteiger partial charge in [-0.25, -0.2) is 4.79 Å². The summed E-state index contributed by atoms with van der Waals surface area (Å²) in [6, 6.07) is 7.32. The fourth-order valence-electron chi connectivity index (χ4n) is 4.60. The molecular weight excluding hydrogens is 560 g/mol. The quantitative estimate of drug-likeness (QED) is 0.171. The first-order valence-electron chi connectivity index (χ1n) is 12.3. The predicted octanol–water partition coefficient (Wildman–Crippen LogP) is 7.37. The maximum atomic E-state index is 13.0. The van der Waals surface area contributed by atoms with Gasteiger partial charge in [0.2, 0.25) is 5.91 Å². The largest absolute Gasteiger partial charge is 0.465 e. The number of benzene rings is 1. The van der Waals surface area contributed by atoms with Gasteiger partial charge in [0.1, 0.15) is 10.6 Å². The number of hydrogen-bond acceptors (Lipinski definition) is 8. The fraction of sp³-hybridized carbons (Fsp3) is 0.333. The summed E-state index contributed by atoms with van der Waals surface area (Å²) in [6.07, 6.45) is 4.65. The molecule has 3 aromatic heterocycles. The van der Waals surface area contributed by atoms with Gasteiger partial charge in [0, 0.05) is 37.8 Å². The first-order chi connectivity index (χ1) is 18.4. The lowest BCUT2D eigenvalue weighted by atomic mass is 9.95. The molecule has 7 nitrogen and oxygen atoms in total. The van der Waals surface area contributed by atoms with Crippen LogP contribution >= 0.6 is 46.0 Å². The molecule has 1 aliphatic carbocycles. The number of thiophene rings is 2. The summed E-state index contributed by atoms with van der Waals surface area (Å²) in [4.78, 5) is 27.1. The molecule has 1 aliphatic rings. The Morgan fingerprint density at radius 2 is 1.84 bits per heavy atom. The minimum Gasteiger partial charge on any atom is -0.465 e. The molecule has 0 spiro atoms. The van der Waals surface area contributed by atoms with E-state index in [1.807, 2.05) is 28.8 Å². The maximum absolute atomic E-state index is 13.0. The van der Waals surface area contributed by atoms with Gasteiger partial charge in [0.25, 0.3) is 0 Å². The zero-order valence-electron chi connectivity index (χ0n) is 21.2. The molecule has 0 radical (unpaired) electrons. The van der Waals surface area contributed by atoms with E-state index in [1.54, 1.807) is 12.1 Å². The van der Waals surface area contributed by atoms with Crippen molar-refractivity contribution in [2.45, 2.75) is 50.7 Å². The molecule has 11 heteroatoms. The van der Waals surface area contributed by atoms with Crippen LogP contribution in [0.1, 0.15) is 53.5 Å². The fourth-order valence-corrected chi connectivity index (χ4v) is 7.69. The van der Waals surface area contributed by atoms with E-state index in [1.165, 1.54) is 59.1 Å². The van der Waals surface area contributed by atoms with Gasteiger partial charge in [-0.15, -0.1) is 32.9 Å². The van der Waals surface area contributed by atoms with E-state index < -0.39 is 5.97 Å². The minimum absolute atomic E-state index is 0.126. The molecule has 1 N–H and O–H groups in total. The average Bonchev–Trinajstić information content (AvgIpc) is 3.64. The molecule has 4 aromatic rings. The Hall–Kier alpha value is -2.66. The highest BCUT2D eigenvalue weighted by atomic mass is 35.5. The molecule has 0 atom stereocenters. The molecule has 1 aromatic carbocycles. The van der Waals surface area contributed by atoms with Crippen molar-refractivity contribution in [2.24, 2.45) is 0 Å². The van der Waals surface area contributed by atoms with Crippen LogP contribution in [0.4, 0.5) is 5.00 Å². The molecule has 0 aliphatic heterocycles. The summed E-state index contributed by atoms with van der Waals surface area (Å²) in [5.41, 5.74) is 4.39. The summed E-state index contributed by atoms with van der Waals surface area (Å²) in [6.45, 7) is 4.20. The van der Waals surface area contributed by atoms with Gasteiger partial charge in [0.15, 0.2) is 11.0 Å². The third kappa shape index (κ3) is 5.40. The smallest absolute Gasteiger partial charge is 0.341 e. The summed E-state index contributed by atoms with van der Waals surface area (Å²) in [5.74, 6) is 0.238. The number of carbonyl (C=O) groups is 2. The second-order valence-electron chi connectivity index (χ2n) is 9.22. The SMILES string of the molecule is COC(=O)c1c(-c2ccc(Cl)cc2)csc1NC(=O)CSc1nnc(-c2csc3c2CCCC3)n1C(C)C. The first-order valence-corrected chi connectivity index (χ1v) is 15.4. The Morgan fingerprint density at radius 3 is 2.58 bits per heavy atom. The Kier molecular flexibility index (Phi) is 8.23. The number of aryl methyl sites for hydroxylation is 1. The van der Waals surface area contributed by atoms with E-state index in [0.29, 0.717) is 26.3 Å². The van der Waals surface area contributed by atoms with Crippen molar-refractivity contribution in [3.63, 3.8) is 0 Å². The van der Waals surface area contributed by atoms with Crippen LogP contribution in [-0.2, 0) is 22.4 Å². The van der Waals surface area contributed by atoms with Crippen molar-refractivity contribution in [3.8, 4) is 22.5 Å². The van der Waals surface area contributed by atoms with Gasteiger partial charge in [0.05, 0.1) is 12.9 Å². The average molecular weight is 587 g/mol. The Labute approximate surface area is 238 Å². The second-order valence-corrected chi connectivity index (χ2v) is 12.4. The summed E-state index contributed by atoms with van der Waals surface area (Å²) in [5, 5.41) is 17.7. The number of thioether (sulfide) groups is 1. The zero-order valence-corrected chi connectivity index (χ0v) is 24.5. The van der Waals surface area contributed by atoms with Gasteiger partial charge >= 0.3 is 5.97 Å². The van der Waals surface area contributed by atoms with Crippen LogP contribution in [0.25, 0.3) is 22.5 Å². The molecule has 0 fully saturated rings. The van der Waals surface area contributed by atoms with E-state index in [0.717, 1.165) is 24.2 Å². The molecule has 0 unspecified atom stereocenters. The predicted molar refractivity (Wildman–Crippen MR) is 156 cm³/mol. The van der Waals surface area contributed by atoms with Crippen LogP contribution in [0, 0.1) is 0 Å². The second kappa shape index (κ2) is 11.6. The number of esters is 1. The standard InChI is InChI=1S/C27H27ClN4O3S3/c1-15(2)32-24(20-13-36-21-7-5-4-6-18(20)21)30-31-27(32)38-14-22(33)29-25-23(26(34)35-3)19(12-37-25)16-8-10-17(28)11-9-16/h8-13,15H,4-7,14H2,1-3H3,(H,29,33). The van der Waals surface area contributed by atoms with Crippen molar-refractivity contribution < 1.29 is 14.3 Å². The number of nitrogens with zero attached hydrogens (tertiary/aromatic N) is 3. The van der Waals surface area contributed by atoms with Crippen molar-refractivity contribution in [1.82, 2.24) is 14.8 Å². The zero-order chi connectivity index (χ0) is 26.8. The van der Waals surface area contributed by atoms with Crippen LogP contribution in [-0.4, -0.2) is 39.5 Å². The number of ether oxygens (including phenoxy) is 1. The third-order valence-electron chi connectivity index (χ3n) is 6.40. The Bertz CT molecular complexity index is 1470. The molecule has 0 saturated carbocycles. The molecule has 38 heavy (non-hydrogen) atoms. The van der Waals surface area contributed by atoms with Crippen molar-refractivity contribution in [3.05, 3.63) is 56.1 Å². The number of fused-ring (bicyclic) bond motifs is 1. The van der Waals surface area contributed by atoms with Crippen LogP contribution in [0.5, 0.6) is 0 Å². The van der Waals surface area contributed by atoms with E-state index in [2.05, 4.69) is 39.3 Å². The number of rotatable bonds is 8. The number of methoxy groups -OCH3 is 1. The number of aromatic nitrogens is 3. The third-order valence-corrected chi connectivity index (χ3v) is 9.58. The Balaban J connectivity index is 1.34.